The number of rotatable bonds is 5. The molecule has 1 saturated carbocycles. The van der Waals surface area contributed by atoms with Crippen LogP contribution >= 0.6 is 0 Å². The van der Waals surface area contributed by atoms with Crippen LogP contribution in [-0.4, -0.2) is 40.6 Å². The maximum absolute atomic E-state index is 12.8. The fourth-order valence-electron chi connectivity index (χ4n) is 3.64. The van der Waals surface area contributed by atoms with Crippen LogP contribution in [0.5, 0.6) is 0 Å². The minimum atomic E-state index is -0.486. The highest BCUT2D eigenvalue weighted by Crippen LogP contribution is 2.25. The predicted octanol–water partition coefficient (Wildman–Crippen LogP) is 1.19. The summed E-state index contributed by atoms with van der Waals surface area (Å²) in [7, 11) is 2.87. The third-order valence-corrected chi connectivity index (χ3v) is 5.40. The first-order chi connectivity index (χ1) is 14.3. The van der Waals surface area contributed by atoms with Crippen LogP contribution in [0.4, 0.5) is 0 Å². The maximum atomic E-state index is 12.8. The lowest BCUT2D eigenvalue weighted by atomic mass is 9.86. The molecule has 9 nitrogen and oxygen atoms in total. The van der Waals surface area contributed by atoms with Crippen molar-refractivity contribution < 1.29 is 14.3 Å². The number of carbonyl (C=O) groups excluding carboxylic acids is 2. The molecule has 0 spiro atoms. The number of carbonyl (C=O) groups is 2. The fraction of sp³-hybridized carbons (Fsp3) is 0.381. The van der Waals surface area contributed by atoms with Gasteiger partial charge in [0.25, 0.3) is 11.5 Å². The van der Waals surface area contributed by atoms with Gasteiger partial charge in [-0.05, 0) is 31.7 Å². The minimum Gasteiger partial charge on any atom is -0.469 e. The van der Waals surface area contributed by atoms with Crippen LogP contribution < -0.4 is 16.6 Å². The lowest BCUT2D eigenvalue weighted by Crippen LogP contribution is -2.41. The van der Waals surface area contributed by atoms with Crippen molar-refractivity contribution in [3.05, 3.63) is 51.8 Å². The number of aryl methyl sites for hydroxylation is 1. The Hall–Kier alpha value is -3.49. The van der Waals surface area contributed by atoms with Crippen molar-refractivity contribution in [2.24, 2.45) is 18.7 Å². The molecule has 1 amide bonds. The smallest absolute Gasteiger partial charge is 0.308 e. The predicted molar refractivity (Wildman–Crippen MR) is 111 cm³/mol. The second-order valence-corrected chi connectivity index (χ2v) is 7.41. The number of nitrogens with zero attached hydrogens (tertiary/aromatic N) is 2. The maximum Gasteiger partial charge on any atom is 0.308 e. The van der Waals surface area contributed by atoms with Gasteiger partial charge in [0.1, 0.15) is 11.4 Å². The van der Waals surface area contributed by atoms with Gasteiger partial charge < -0.3 is 15.8 Å². The van der Waals surface area contributed by atoms with Gasteiger partial charge in [0.2, 0.25) is 0 Å². The Morgan fingerprint density at radius 3 is 2.40 bits per heavy atom. The number of methoxy groups -OCH3 is 1. The third kappa shape index (κ3) is 4.56. The van der Waals surface area contributed by atoms with E-state index in [1.54, 1.807) is 24.3 Å². The van der Waals surface area contributed by atoms with Crippen molar-refractivity contribution in [1.29, 1.82) is 5.41 Å². The molecule has 2 aromatic rings. The molecule has 1 fully saturated rings. The highest BCUT2D eigenvalue weighted by molar-refractivity contribution is 5.96. The van der Waals surface area contributed by atoms with Gasteiger partial charge in [0.15, 0.2) is 0 Å². The van der Waals surface area contributed by atoms with Crippen molar-refractivity contribution in [2.75, 3.05) is 7.11 Å². The zero-order valence-electron chi connectivity index (χ0n) is 17.0. The van der Waals surface area contributed by atoms with Crippen LogP contribution in [0.25, 0.3) is 11.3 Å². The summed E-state index contributed by atoms with van der Waals surface area (Å²) in [5, 5.41) is 14.6. The van der Waals surface area contributed by atoms with Gasteiger partial charge in [0.05, 0.1) is 18.7 Å². The monoisotopic (exact) mass is 411 g/mol. The number of nitrogens with two attached hydrogens (primary N) is 1. The van der Waals surface area contributed by atoms with Crippen molar-refractivity contribution in [3.63, 3.8) is 0 Å². The van der Waals surface area contributed by atoms with Crippen molar-refractivity contribution in [1.82, 2.24) is 15.1 Å². The summed E-state index contributed by atoms with van der Waals surface area (Å²) in [5.74, 6) is -0.859. The Bertz CT molecular complexity index is 1020. The molecule has 0 atom stereocenters. The highest BCUT2D eigenvalue weighted by atomic mass is 16.5. The lowest BCUT2D eigenvalue weighted by Gasteiger charge is -2.27. The minimum absolute atomic E-state index is 0.00763. The van der Waals surface area contributed by atoms with Gasteiger partial charge in [-0.2, -0.15) is 5.10 Å². The van der Waals surface area contributed by atoms with E-state index in [4.69, 9.17) is 15.9 Å². The van der Waals surface area contributed by atoms with Crippen LogP contribution in [0.2, 0.25) is 0 Å². The van der Waals surface area contributed by atoms with E-state index >= 15 is 0 Å². The average Bonchev–Trinajstić information content (AvgIpc) is 2.75. The first-order valence-electron chi connectivity index (χ1n) is 9.72. The number of ether oxygens (including phenoxy) is 1. The molecule has 0 bridgehead atoms. The molecular weight excluding hydrogens is 386 g/mol. The highest BCUT2D eigenvalue weighted by Gasteiger charge is 2.28. The van der Waals surface area contributed by atoms with Gasteiger partial charge >= 0.3 is 5.97 Å². The molecular formula is C21H25N5O4. The van der Waals surface area contributed by atoms with E-state index in [1.807, 2.05) is 0 Å². The molecule has 9 heteroatoms. The van der Waals surface area contributed by atoms with Crippen LogP contribution in [0.15, 0.2) is 35.1 Å². The standard InChI is InChI=1S/C21H25N5O4/c1-26-20(28)16(11-17(25-26)12-3-5-13(6-4-12)18(22)23)19(27)24-15-9-7-14(8-10-15)21(29)30-2/h3-6,11,14-15H,7-10H2,1-2H3,(H3,22,23)(H,24,27)/t14-,15+. The quantitative estimate of drug-likeness (QED) is 0.384. The molecule has 1 aliphatic rings. The molecule has 0 saturated heterocycles. The molecule has 0 unspecified atom stereocenters. The normalized spacial score (nSPS) is 18.5. The average molecular weight is 411 g/mol. The Labute approximate surface area is 173 Å². The molecule has 1 aromatic heterocycles. The van der Waals surface area contributed by atoms with Crippen molar-refractivity contribution >= 4 is 17.7 Å². The number of aromatic nitrogens is 2. The summed E-state index contributed by atoms with van der Waals surface area (Å²) in [4.78, 5) is 36.9. The Morgan fingerprint density at radius 2 is 1.83 bits per heavy atom. The van der Waals surface area contributed by atoms with Crippen LogP contribution in [0, 0.1) is 11.3 Å². The summed E-state index contributed by atoms with van der Waals surface area (Å²) >= 11 is 0. The fourth-order valence-corrected chi connectivity index (χ4v) is 3.64. The molecule has 3 rings (SSSR count). The van der Waals surface area contributed by atoms with Gasteiger partial charge in [-0.15, -0.1) is 0 Å². The molecule has 158 valence electrons. The lowest BCUT2D eigenvalue weighted by molar-refractivity contribution is -0.146. The van der Waals surface area contributed by atoms with Crippen LogP contribution in [0.3, 0.4) is 0 Å². The van der Waals surface area contributed by atoms with Crippen LogP contribution in [-0.2, 0) is 16.6 Å². The molecule has 4 N–H and O–H groups in total. The summed E-state index contributed by atoms with van der Waals surface area (Å²) < 4.78 is 5.92. The van der Waals surface area contributed by atoms with Gasteiger partial charge in [-0.25, -0.2) is 4.68 Å². The number of esters is 1. The SMILES string of the molecule is COC(=O)[C@H]1CC[C@@H](NC(=O)c2cc(-c3ccc(C(=N)N)cc3)nn(C)c2=O)CC1. The van der Waals surface area contributed by atoms with E-state index in [2.05, 4.69) is 10.4 Å². The summed E-state index contributed by atoms with van der Waals surface area (Å²) in [5.41, 5.74) is 6.73. The molecule has 30 heavy (non-hydrogen) atoms. The molecule has 0 aliphatic heterocycles. The van der Waals surface area contributed by atoms with E-state index < -0.39 is 11.5 Å². The summed E-state index contributed by atoms with van der Waals surface area (Å²) in [6.07, 6.45) is 2.58. The second-order valence-electron chi connectivity index (χ2n) is 7.41. The first kappa shape index (κ1) is 21.2. The number of amides is 1. The molecule has 0 radical (unpaired) electrons. The first-order valence-corrected chi connectivity index (χ1v) is 9.72. The number of benzene rings is 1. The molecule has 1 aromatic carbocycles. The van der Waals surface area contributed by atoms with E-state index in [-0.39, 0.29) is 29.3 Å². The second kappa shape index (κ2) is 8.89. The Kier molecular flexibility index (Phi) is 6.29. The number of amidine groups is 1. The zero-order valence-corrected chi connectivity index (χ0v) is 17.0. The molecule has 1 aliphatic carbocycles. The van der Waals surface area contributed by atoms with Crippen molar-refractivity contribution in [2.45, 2.75) is 31.7 Å². The molecule has 1 heterocycles. The third-order valence-electron chi connectivity index (χ3n) is 5.40. The topological polar surface area (TPSA) is 140 Å². The number of hydrogen-bond donors (Lipinski definition) is 3. The summed E-state index contributed by atoms with van der Waals surface area (Å²) in [6.45, 7) is 0. The van der Waals surface area contributed by atoms with E-state index in [0.29, 0.717) is 42.5 Å². The van der Waals surface area contributed by atoms with Crippen LogP contribution in [0.1, 0.15) is 41.6 Å². The number of nitrogen functional groups attached to an aromatic ring is 1. The zero-order chi connectivity index (χ0) is 21.8. The van der Waals surface area contributed by atoms with E-state index in [1.165, 1.54) is 20.2 Å². The van der Waals surface area contributed by atoms with Gasteiger partial charge in [-0.1, -0.05) is 24.3 Å². The number of nitrogens with one attached hydrogen (secondary N) is 2. The van der Waals surface area contributed by atoms with E-state index in [9.17, 15) is 14.4 Å². The van der Waals surface area contributed by atoms with Crippen molar-refractivity contribution in [3.8, 4) is 11.3 Å². The van der Waals surface area contributed by atoms with Gasteiger partial charge in [-0.3, -0.25) is 19.8 Å². The largest absolute Gasteiger partial charge is 0.469 e. The van der Waals surface area contributed by atoms with Gasteiger partial charge in [0, 0.05) is 24.2 Å². The summed E-state index contributed by atoms with van der Waals surface area (Å²) in [6, 6.07) is 8.21. The number of hydrogen-bond acceptors (Lipinski definition) is 6. The Morgan fingerprint density at radius 1 is 1.20 bits per heavy atom. The van der Waals surface area contributed by atoms with E-state index in [0.717, 1.165) is 4.68 Å². The Balaban J connectivity index is 1.77.